The van der Waals surface area contributed by atoms with E-state index in [2.05, 4.69) is 0 Å². The van der Waals surface area contributed by atoms with Crippen LogP contribution in [0.1, 0.15) is 26.3 Å². The summed E-state index contributed by atoms with van der Waals surface area (Å²) in [7, 11) is 0. The highest BCUT2D eigenvalue weighted by atomic mass is 35.5. The van der Waals surface area contributed by atoms with Crippen LogP contribution in [-0.2, 0) is 6.54 Å². The summed E-state index contributed by atoms with van der Waals surface area (Å²) in [4.78, 5) is 12.1. The van der Waals surface area contributed by atoms with Crippen LogP contribution in [0.4, 0.5) is 5.69 Å². The van der Waals surface area contributed by atoms with Crippen molar-refractivity contribution in [3.05, 3.63) is 32.8 Å². The molecule has 0 heterocycles. The SMILES string of the molecule is CC(O)CN(Cc1cc(Cl)cc([N+](=O)[O-])c1O)C(C)C. The van der Waals surface area contributed by atoms with Crippen molar-refractivity contribution in [2.75, 3.05) is 6.54 Å². The van der Waals surface area contributed by atoms with Gasteiger partial charge in [-0.05, 0) is 26.8 Å². The molecule has 0 bridgehead atoms. The van der Waals surface area contributed by atoms with Crippen molar-refractivity contribution >= 4 is 17.3 Å². The Bertz CT molecular complexity index is 492. The van der Waals surface area contributed by atoms with Crippen molar-refractivity contribution in [2.24, 2.45) is 0 Å². The van der Waals surface area contributed by atoms with Gasteiger partial charge >= 0.3 is 5.69 Å². The number of nitro benzene ring substituents is 1. The fraction of sp³-hybridized carbons (Fsp3) is 0.538. The zero-order valence-electron chi connectivity index (χ0n) is 11.7. The molecule has 0 aliphatic carbocycles. The number of hydrogen-bond donors (Lipinski definition) is 2. The Balaban J connectivity index is 3.09. The molecule has 0 fully saturated rings. The third-order valence-corrected chi connectivity index (χ3v) is 3.15. The molecule has 6 nitrogen and oxygen atoms in total. The summed E-state index contributed by atoms with van der Waals surface area (Å²) < 4.78 is 0. The predicted octanol–water partition coefficient (Wildman–Crippen LogP) is 2.55. The molecule has 0 aliphatic rings. The Morgan fingerprint density at radius 2 is 2.00 bits per heavy atom. The summed E-state index contributed by atoms with van der Waals surface area (Å²) in [6.45, 7) is 6.22. The number of phenols is 1. The van der Waals surface area contributed by atoms with Crippen LogP contribution in [0, 0.1) is 10.1 Å². The molecule has 20 heavy (non-hydrogen) atoms. The van der Waals surface area contributed by atoms with Gasteiger partial charge in [-0.2, -0.15) is 0 Å². The number of hydrogen-bond acceptors (Lipinski definition) is 5. The van der Waals surface area contributed by atoms with E-state index in [1.54, 1.807) is 6.92 Å². The van der Waals surface area contributed by atoms with Crippen molar-refractivity contribution < 1.29 is 15.1 Å². The van der Waals surface area contributed by atoms with E-state index in [9.17, 15) is 20.3 Å². The van der Waals surface area contributed by atoms with E-state index >= 15 is 0 Å². The summed E-state index contributed by atoms with van der Waals surface area (Å²) in [5.41, 5.74) is -0.0354. The number of nitrogens with zero attached hydrogens (tertiary/aromatic N) is 2. The minimum absolute atomic E-state index is 0.113. The molecular formula is C13H19ClN2O4. The monoisotopic (exact) mass is 302 g/mol. The highest BCUT2D eigenvalue weighted by Gasteiger charge is 2.21. The molecule has 1 aromatic rings. The summed E-state index contributed by atoms with van der Waals surface area (Å²) in [6.07, 6.45) is -0.534. The fourth-order valence-corrected chi connectivity index (χ4v) is 2.15. The van der Waals surface area contributed by atoms with Crippen LogP contribution in [0.3, 0.4) is 0 Å². The van der Waals surface area contributed by atoms with Crippen LogP contribution in [0.25, 0.3) is 0 Å². The molecular weight excluding hydrogens is 284 g/mol. The molecule has 0 spiro atoms. The lowest BCUT2D eigenvalue weighted by molar-refractivity contribution is -0.385. The number of nitro groups is 1. The smallest absolute Gasteiger partial charge is 0.312 e. The lowest BCUT2D eigenvalue weighted by Crippen LogP contribution is -2.36. The van der Waals surface area contributed by atoms with E-state index in [-0.39, 0.29) is 23.4 Å². The van der Waals surface area contributed by atoms with Crippen molar-refractivity contribution in [2.45, 2.75) is 39.5 Å². The van der Waals surface area contributed by atoms with E-state index in [0.717, 1.165) is 6.07 Å². The van der Waals surface area contributed by atoms with Crippen molar-refractivity contribution in [1.29, 1.82) is 0 Å². The number of phenolic OH excluding ortho intramolecular Hbond substituents is 1. The minimum atomic E-state index is -0.668. The Labute approximate surface area is 122 Å². The van der Waals surface area contributed by atoms with E-state index < -0.39 is 16.7 Å². The fourth-order valence-electron chi connectivity index (χ4n) is 1.92. The van der Waals surface area contributed by atoms with Gasteiger partial charge in [0.25, 0.3) is 0 Å². The van der Waals surface area contributed by atoms with E-state index in [4.69, 9.17) is 11.6 Å². The first-order chi connectivity index (χ1) is 9.22. The van der Waals surface area contributed by atoms with E-state index in [1.165, 1.54) is 6.07 Å². The van der Waals surface area contributed by atoms with Crippen LogP contribution < -0.4 is 0 Å². The topological polar surface area (TPSA) is 86.8 Å². The van der Waals surface area contributed by atoms with Gasteiger partial charge in [0.15, 0.2) is 5.75 Å². The van der Waals surface area contributed by atoms with Gasteiger partial charge in [-0.1, -0.05) is 11.6 Å². The number of benzene rings is 1. The van der Waals surface area contributed by atoms with Crippen LogP contribution in [0.15, 0.2) is 12.1 Å². The van der Waals surface area contributed by atoms with Crippen molar-refractivity contribution in [3.8, 4) is 5.75 Å². The van der Waals surface area contributed by atoms with Crippen LogP contribution in [0.2, 0.25) is 5.02 Å². The Morgan fingerprint density at radius 3 is 2.45 bits per heavy atom. The normalized spacial score (nSPS) is 12.9. The highest BCUT2D eigenvalue weighted by molar-refractivity contribution is 6.31. The standard InChI is InChI=1S/C13H19ClN2O4/c1-8(2)15(6-9(3)17)7-10-4-11(14)5-12(13(10)18)16(19)20/h4-5,8-9,17-18H,6-7H2,1-3H3. The van der Waals surface area contributed by atoms with Gasteiger partial charge < -0.3 is 10.2 Å². The lowest BCUT2D eigenvalue weighted by atomic mass is 10.1. The van der Waals surface area contributed by atoms with Crippen LogP contribution >= 0.6 is 11.6 Å². The largest absolute Gasteiger partial charge is 0.502 e. The molecule has 2 N–H and O–H groups in total. The van der Waals surface area contributed by atoms with Gasteiger partial charge in [0, 0.05) is 35.8 Å². The Kier molecular flexibility index (Phi) is 5.74. The molecule has 0 saturated heterocycles. The summed E-state index contributed by atoms with van der Waals surface area (Å²) in [5.74, 6) is -0.379. The molecule has 7 heteroatoms. The van der Waals surface area contributed by atoms with Gasteiger partial charge in [0.05, 0.1) is 11.0 Å². The molecule has 1 aromatic carbocycles. The zero-order chi connectivity index (χ0) is 15.4. The Morgan fingerprint density at radius 1 is 1.40 bits per heavy atom. The molecule has 1 unspecified atom stereocenters. The lowest BCUT2D eigenvalue weighted by Gasteiger charge is -2.28. The second-order valence-electron chi connectivity index (χ2n) is 5.06. The van der Waals surface area contributed by atoms with Gasteiger partial charge in [-0.3, -0.25) is 15.0 Å². The van der Waals surface area contributed by atoms with Crippen molar-refractivity contribution in [1.82, 2.24) is 4.90 Å². The number of rotatable bonds is 6. The van der Waals surface area contributed by atoms with Gasteiger partial charge in [-0.15, -0.1) is 0 Å². The molecule has 0 radical (unpaired) electrons. The number of aliphatic hydroxyl groups is 1. The molecule has 1 atom stereocenters. The Hall–Kier alpha value is -1.37. The maximum Gasteiger partial charge on any atom is 0.312 e. The molecule has 112 valence electrons. The second-order valence-corrected chi connectivity index (χ2v) is 5.50. The molecule has 0 saturated carbocycles. The van der Waals surface area contributed by atoms with Gasteiger partial charge in [0.1, 0.15) is 0 Å². The molecule has 0 amide bonds. The average Bonchev–Trinajstić information content (AvgIpc) is 2.31. The van der Waals surface area contributed by atoms with E-state index in [0.29, 0.717) is 12.1 Å². The van der Waals surface area contributed by atoms with Crippen LogP contribution in [-0.4, -0.2) is 38.7 Å². The van der Waals surface area contributed by atoms with E-state index in [1.807, 2.05) is 18.7 Å². The first kappa shape index (κ1) is 16.7. The number of aromatic hydroxyl groups is 1. The maximum atomic E-state index is 10.9. The van der Waals surface area contributed by atoms with Crippen molar-refractivity contribution in [3.63, 3.8) is 0 Å². The summed E-state index contributed by atoms with van der Waals surface area (Å²) in [6, 6.07) is 2.73. The van der Waals surface area contributed by atoms with Gasteiger partial charge in [-0.25, -0.2) is 0 Å². The number of halogens is 1. The first-order valence-corrected chi connectivity index (χ1v) is 6.68. The first-order valence-electron chi connectivity index (χ1n) is 6.30. The van der Waals surface area contributed by atoms with Gasteiger partial charge in [0.2, 0.25) is 0 Å². The summed E-state index contributed by atoms with van der Waals surface area (Å²) >= 11 is 5.85. The average molecular weight is 303 g/mol. The van der Waals surface area contributed by atoms with Crippen LogP contribution in [0.5, 0.6) is 5.75 Å². The third kappa shape index (κ3) is 4.33. The second kappa shape index (κ2) is 6.88. The highest BCUT2D eigenvalue weighted by Crippen LogP contribution is 2.34. The molecule has 0 aromatic heterocycles. The maximum absolute atomic E-state index is 10.9. The number of aliphatic hydroxyl groups excluding tert-OH is 1. The summed E-state index contributed by atoms with van der Waals surface area (Å²) in [5, 5.41) is 30.5. The zero-order valence-corrected chi connectivity index (χ0v) is 12.5. The minimum Gasteiger partial charge on any atom is -0.502 e. The quantitative estimate of drug-likeness (QED) is 0.623. The molecule has 0 aliphatic heterocycles. The molecule has 1 rings (SSSR count). The third-order valence-electron chi connectivity index (χ3n) is 2.93. The predicted molar refractivity (Wildman–Crippen MR) is 77.0 cm³/mol.